The normalized spacial score (nSPS) is 18.6. The van der Waals surface area contributed by atoms with E-state index in [-0.39, 0.29) is 5.97 Å². The number of nitrogens with one attached hydrogen (secondary N) is 1. The van der Waals surface area contributed by atoms with Gasteiger partial charge in [-0.05, 0) is 57.4 Å². The summed E-state index contributed by atoms with van der Waals surface area (Å²) in [5.41, 5.74) is 9.57. The summed E-state index contributed by atoms with van der Waals surface area (Å²) in [5, 5.41) is 9.26. The zero-order valence-electron chi connectivity index (χ0n) is 20.1. The predicted octanol–water partition coefficient (Wildman–Crippen LogP) is 4.62. The molecule has 1 fully saturated rings. The molecule has 4 heterocycles. The van der Waals surface area contributed by atoms with E-state index in [2.05, 4.69) is 15.0 Å². The number of pyridine rings is 2. The van der Waals surface area contributed by atoms with Crippen molar-refractivity contribution < 1.29 is 9.53 Å². The molecule has 0 spiro atoms. The Morgan fingerprint density at radius 3 is 2.66 bits per heavy atom. The van der Waals surface area contributed by atoms with Gasteiger partial charge in [-0.1, -0.05) is 30.3 Å². The van der Waals surface area contributed by atoms with Crippen molar-refractivity contribution in [2.45, 2.75) is 57.2 Å². The van der Waals surface area contributed by atoms with Crippen molar-refractivity contribution >= 4 is 28.5 Å². The molecule has 35 heavy (non-hydrogen) atoms. The predicted molar refractivity (Wildman–Crippen MR) is 134 cm³/mol. The fraction of sp³-hybridized carbons (Fsp3) is 0.333. The molecule has 4 aromatic rings. The summed E-state index contributed by atoms with van der Waals surface area (Å²) in [5.74, 6) is 0.925. The fourth-order valence-electron chi connectivity index (χ4n) is 4.77. The first-order valence-electron chi connectivity index (χ1n) is 11.9. The van der Waals surface area contributed by atoms with Crippen LogP contribution in [0.5, 0.6) is 0 Å². The minimum Gasteiger partial charge on any atom is -0.456 e. The van der Waals surface area contributed by atoms with Gasteiger partial charge in [0, 0.05) is 11.8 Å². The summed E-state index contributed by atoms with van der Waals surface area (Å²) >= 11 is 0. The summed E-state index contributed by atoms with van der Waals surface area (Å²) in [6, 6.07) is 15.9. The van der Waals surface area contributed by atoms with Crippen molar-refractivity contribution in [1.82, 2.24) is 19.7 Å². The van der Waals surface area contributed by atoms with Crippen LogP contribution in [0.2, 0.25) is 0 Å². The second kappa shape index (κ2) is 7.61. The average Bonchev–Trinajstić information content (AvgIpc) is 3.58. The topological polar surface area (TPSA) is 108 Å². The first-order chi connectivity index (χ1) is 16.7. The quantitative estimate of drug-likeness (QED) is 0.412. The number of nitrogens with zero attached hydrogens (tertiary/aromatic N) is 4. The monoisotopic (exact) mass is 468 g/mol. The maximum atomic E-state index is 12.3. The SMILES string of the molecule is CC1(C)Cc2nc(Nc3cc4c(C(C)(N)c5ccccc5)nn(C5CC5)c4cn3)ccc2C(=O)O1. The second-order valence-electron chi connectivity index (χ2n) is 10.3. The number of anilines is 2. The van der Waals surface area contributed by atoms with Crippen LogP contribution in [0.1, 0.15) is 67.0 Å². The first-order valence-corrected chi connectivity index (χ1v) is 11.9. The molecule has 0 amide bonds. The third-order valence-corrected chi connectivity index (χ3v) is 6.76. The highest BCUT2D eigenvalue weighted by Gasteiger charge is 2.35. The maximum Gasteiger partial charge on any atom is 0.340 e. The highest BCUT2D eigenvalue weighted by atomic mass is 16.6. The third-order valence-electron chi connectivity index (χ3n) is 6.76. The number of rotatable bonds is 5. The van der Waals surface area contributed by atoms with Gasteiger partial charge in [0.1, 0.15) is 17.2 Å². The van der Waals surface area contributed by atoms with Gasteiger partial charge < -0.3 is 15.8 Å². The van der Waals surface area contributed by atoms with Crippen LogP contribution in [0.3, 0.4) is 0 Å². The standard InChI is InChI=1S/C27H28N6O2/c1-26(2)14-20-18(25(34)35-26)11-12-22(30-20)31-23-13-19-21(15-29-23)33(17-9-10-17)32-24(19)27(3,28)16-7-5-4-6-8-16/h4-8,11-13,15,17H,9-10,14,28H2,1-3H3,(H,29,30,31). The Morgan fingerprint density at radius 1 is 1.14 bits per heavy atom. The largest absolute Gasteiger partial charge is 0.456 e. The Hall–Kier alpha value is -3.78. The number of fused-ring (bicyclic) bond motifs is 2. The number of hydrogen-bond donors (Lipinski definition) is 2. The number of aromatic nitrogens is 4. The molecule has 8 heteroatoms. The molecule has 0 saturated heterocycles. The van der Waals surface area contributed by atoms with Gasteiger partial charge in [0.2, 0.25) is 0 Å². The zero-order valence-corrected chi connectivity index (χ0v) is 20.1. The lowest BCUT2D eigenvalue weighted by Gasteiger charge is -2.30. The van der Waals surface area contributed by atoms with Crippen LogP contribution < -0.4 is 11.1 Å². The number of esters is 1. The Kier molecular flexibility index (Phi) is 4.73. The molecule has 1 saturated carbocycles. The number of ether oxygens (including phenoxy) is 1. The number of hydrogen-bond acceptors (Lipinski definition) is 7. The molecule has 1 unspecified atom stereocenters. The van der Waals surface area contributed by atoms with Gasteiger partial charge in [-0.3, -0.25) is 4.68 Å². The summed E-state index contributed by atoms with van der Waals surface area (Å²) in [6.45, 7) is 5.78. The van der Waals surface area contributed by atoms with E-state index in [9.17, 15) is 4.79 Å². The van der Waals surface area contributed by atoms with Crippen molar-refractivity contribution in [3.05, 3.63) is 77.2 Å². The van der Waals surface area contributed by atoms with E-state index in [0.717, 1.165) is 40.7 Å². The van der Waals surface area contributed by atoms with Crippen molar-refractivity contribution in [2.75, 3.05) is 5.32 Å². The summed E-state index contributed by atoms with van der Waals surface area (Å²) in [6.07, 6.45) is 4.63. The van der Waals surface area contributed by atoms with E-state index in [1.54, 1.807) is 12.1 Å². The van der Waals surface area contributed by atoms with Crippen LogP contribution in [0.4, 0.5) is 11.6 Å². The van der Waals surface area contributed by atoms with Gasteiger partial charge in [-0.25, -0.2) is 14.8 Å². The van der Waals surface area contributed by atoms with Crippen LogP contribution in [0.25, 0.3) is 10.9 Å². The van der Waals surface area contributed by atoms with E-state index >= 15 is 0 Å². The molecule has 0 bridgehead atoms. The maximum absolute atomic E-state index is 12.3. The van der Waals surface area contributed by atoms with Crippen molar-refractivity contribution in [2.24, 2.45) is 5.73 Å². The van der Waals surface area contributed by atoms with Crippen LogP contribution >= 0.6 is 0 Å². The lowest BCUT2D eigenvalue weighted by molar-refractivity contribution is -0.00714. The molecule has 8 nitrogen and oxygen atoms in total. The lowest BCUT2D eigenvalue weighted by Crippen LogP contribution is -2.36. The van der Waals surface area contributed by atoms with E-state index in [4.69, 9.17) is 20.6 Å². The Morgan fingerprint density at radius 2 is 1.91 bits per heavy atom. The van der Waals surface area contributed by atoms with Crippen LogP contribution in [-0.4, -0.2) is 31.3 Å². The second-order valence-corrected chi connectivity index (χ2v) is 10.3. The molecule has 3 aromatic heterocycles. The van der Waals surface area contributed by atoms with Crippen molar-refractivity contribution in [1.29, 1.82) is 0 Å². The minimum absolute atomic E-state index is 0.338. The molecule has 3 N–H and O–H groups in total. The van der Waals surface area contributed by atoms with Gasteiger partial charge in [0.05, 0.1) is 40.2 Å². The Balaban J connectivity index is 1.40. The Labute approximate surface area is 203 Å². The van der Waals surface area contributed by atoms with Gasteiger partial charge in [0.15, 0.2) is 0 Å². The summed E-state index contributed by atoms with van der Waals surface area (Å²) < 4.78 is 7.55. The smallest absolute Gasteiger partial charge is 0.340 e. The van der Waals surface area contributed by atoms with Gasteiger partial charge in [-0.2, -0.15) is 5.10 Å². The van der Waals surface area contributed by atoms with Gasteiger partial charge >= 0.3 is 5.97 Å². The van der Waals surface area contributed by atoms with Crippen LogP contribution in [-0.2, 0) is 16.7 Å². The fourth-order valence-corrected chi connectivity index (χ4v) is 4.77. The van der Waals surface area contributed by atoms with Crippen LogP contribution in [0.15, 0.2) is 54.7 Å². The molecule has 1 aromatic carbocycles. The molecule has 178 valence electrons. The van der Waals surface area contributed by atoms with Crippen molar-refractivity contribution in [3.63, 3.8) is 0 Å². The molecular formula is C27H28N6O2. The highest BCUT2D eigenvalue weighted by molar-refractivity contribution is 5.92. The summed E-state index contributed by atoms with van der Waals surface area (Å²) in [4.78, 5) is 21.7. The molecule has 2 aliphatic rings. The molecule has 1 aliphatic heterocycles. The van der Waals surface area contributed by atoms with E-state index in [0.29, 0.717) is 29.7 Å². The number of nitrogens with two attached hydrogens (primary N) is 1. The molecular weight excluding hydrogens is 440 g/mol. The summed E-state index contributed by atoms with van der Waals surface area (Å²) in [7, 11) is 0. The van der Waals surface area contributed by atoms with Crippen LogP contribution in [0, 0.1) is 0 Å². The number of benzene rings is 1. The lowest BCUT2D eigenvalue weighted by atomic mass is 9.88. The third kappa shape index (κ3) is 3.83. The number of carbonyl (C=O) groups is 1. The van der Waals surface area contributed by atoms with E-state index in [1.807, 2.05) is 63.4 Å². The minimum atomic E-state index is -0.770. The molecule has 1 atom stereocenters. The van der Waals surface area contributed by atoms with E-state index in [1.165, 1.54) is 0 Å². The average molecular weight is 469 g/mol. The Bertz CT molecular complexity index is 1450. The molecule has 0 radical (unpaired) electrons. The molecule has 6 rings (SSSR count). The van der Waals surface area contributed by atoms with E-state index < -0.39 is 11.1 Å². The number of carbonyl (C=O) groups excluding carboxylic acids is 1. The first kappa shape index (κ1) is 21.7. The highest BCUT2D eigenvalue weighted by Crippen LogP contribution is 2.40. The van der Waals surface area contributed by atoms with Gasteiger partial charge in [-0.15, -0.1) is 0 Å². The van der Waals surface area contributed by atoms with Crippen molar-refractivity contribution in [3.8, 4) is 0 Å². The van der Waals surface area contributed by atoms with Gasteiger partial charge in [0.25, 0.3) is 0 Å². The zero-order chi connectivity index (χ0) is 24.4. The molecule has 1 aliphatic carbocycles. The number of cyclic esters (lactones) is 1.